The van der Waals surface area contributed by atoms with E-state index in [1.807, 2.05) is 30.5 Å². The van der Waals surface area contributed by atoms with Crippen molar-refractivity contribution in [1.82, 2.24) is 13.8 Å². The Balaban J connectivity index is 1.68. The van der Waals surface area contributed by atoms with Gasteiger partial charge in [0.05, 0.1) is 10.5 Å². The van der Waals surface area contributed by atoms with Gasteiger partial charge in [0.15, 0.2) is 0 Å². The van der Waals surface area contributed by atoms with Gasteiger partial charge in [-0.3, -0.25) is 4.79 Å². The van der Waals surface area contributed by atoms with E-state index < -0.39 is 26.7 Å². The summed E-state index contributed by atoms with van der Waals surface area (Å²) in [6, 6.07) is 7.55. The number of hydrogen-bond donors (Lipinski definition) is 0. The normalized spacial score (nSPS) is 16.2. The average molecular weight is 429 g/mol. The summed E-state index contributed by atoms with van der Waals surface area (Å²) in [5.74, 6) is -0.122. The topological polar surface area (TPSA) is 62.6 Å². The minimum absolute atomic E-state index is 0.0357. The van der Waals surface area contributed by atoms with E-state index in [9.17, 15) is 26.4 Å². The zero-order valence-electron chi connectivity index (χ0n) is 16.1. The Morgan fingerprint density at radius 2 is 1.59 bits per heavy atom. The van der Waals surface area contributed by atoms with E-state index in [0.717, 1.165) is 33.9 Å². The summed E-state index contributed by atoms with van der Waals surface area (Å²) in [6.45, 7) is 4.43. The lowest BCUT2D eigenvalue weighted by Gasteiger charge is -2.34. The minimum atomic E-state index is -4.62. The highest BCUT2D eigenvalue weighted by molar-refractivity contribution is 7.89. The van der Waals surface area contributed by atoms with Crippen LogP contribution in [-0.4, -0.2) is 54.3 Å². The van der Waals surface area contributed by atoms with Crippen LogP contribution in [0.3, 0.4) is 0 Å². The fourth-order valence-electron chi connectivity index (χ4n) is 3.34. The van der Waals surface area contributed by atoms with Gasteiger partial charge in [-0.2, -0.15) is 17.5 Å². The molecule has 1 fully saturated rings. The molecular formula is C19H22F3N3O3S. The van der Waals surface area contributed by atoms with Crippen molar-refractivity contribution in [2.24, 2.45) is 0 Å². The molecule has 2 heterocycles. The van der Waals surface area contributed by atoms with Gasteiger partial charge in [-0.15, -0.1) is 0 Å². The fourth-order valence-corrected chi connectivity index (χ4v) is 4.81. The predicted molar refractivity (Wildman–Crippen MR) is 101 cm³/mol. The van der Waals surface area contributed by atoms with Crippen LogP contribution >= 0.6 is 0 Å². The van der Waals surface area contributed by atoms with Gasteiger partial charge in [0.1, 0.15) is 6.54 Å². The lowest BCUT2D eigenvalue weighted by atomic mass is 10.2. The molecule has 2 aromatic rings. The zero-order valence-corrected chi connectivity index (χ0v) is 16.9. The predicted octanol–water partition coefficient (Wildman–Crippen LogP) is 2.66. The van der Waals surface area contributed by atoms with E-state index in [-0.39, 0.29) is 38.6 Å². The number of piperazine rings is 1. The molecule has 0 unspecified atom stereocenters. The van der Waals surface area contributed by atoms with Crippen LogP contribution in [0.25, 0.3) is 0 Å². The number of alkyl halides is 3. The number of sulfonamides is 1. The third-order valence-corrected chi connectivity index (χ3v) is 7.00. The molecule has 1 aromatic heterocycles. The number of hydrogen-bond acceptors (Lipinski definition) is 3. The number of rotatable bonds is 4. The fraction of sp³-hybridized carbons (Fsp3) is 0.421. The molecule has 1 aliphatic rings. The molecule has 158 valence electrons. The van der Waals surface area contributed by atoms with Crippen molar-refractivity contribution in [3.05, 3.63) is 53.3 Å². The minimum Gasteiger partial charge on any atom is -0.340 e. The average Bonchev–Trinajstić information content (AvgIpc) is 2.99. The Bertz CT molecular complexity index is 988. The van der Waals surface area contributed by atoms with Crippen LogP contribution in [0.5, 0.6) is 0 Å². The molecule has 0 atom stereocenters. The highest BCUT2D eigenvalue weighted by Gasteiger charge is 2.34. The first-order valence-electron chi connectivity index (χ1n) is 9.08. The lowest BCUT2D eigenvalue weighted by molar-refractivity contribution is -0.137. The highest BCUT2D eigenvalue weighted by Crippen LogP contribution is 2.31. The monoisotopic (exact) mass is 429 g/mol. The summed E-state index contributed by atoms with van der Waals surface area (Å²) in [5.41, 5.74) is 0.910. The maximum atomic E-state index is 12.9. The summed E-state index contributed by atoms with van der Waals surface area (Å²) in [7, 11) is -4.07. The maximum absolute atomic E-state index is 12.9. The Labute approximate surface area is 167 Å². The van der Waals surface area contributed by atoms with Gasteiger partial charge >= 0.3 is 6.18 Å². The number of halogens is 3. The number of aromatic nitrogens is 1. The van der Waals surface area contributed by atoms with Crippen molar-refractivity contribution >= 4 is 15.9 Å². The van der Waals surface area contributed by atoms with Crippen LogP contribution in [0.15, 0.2) is 41.3 Å². The smallest absolute Gasteiger partial charge is 0.340 e. The van der Waals surface area contributed by atoms with Crippen molar-refractivity contribution in [2.45, 2.75) is 31.5 Å². The summed E-state index contributed by atoms with van der Waals surface area (Å²) in [4.78, 5) is 13.7. The van der Waals surface area contributed by atoms with Gasteiger partial charge in [0.2, 0.25) is 15.9 Å². The number of carbonyl (C=O) groups is 1. The van der Waals surface area contributed by atoms with Crippen molar-refractivity contribution in [3.63, 3.8) is 0 Å². The summed E-state index contributed by atoms with van der Waals surface area (Å²) >= 11 is 0. The number of aryl methyl sites for hydroxylation is 2. The van der Waals surface area contributed by atoms with Crippen molar-refractivity contribution in [2.75, 3.05) is 26.2 Å². The molecule has 6 nitrogen and oxygen atoms in total. The SMILES string of the molecule is Cc1ccc(C)n1CC(=O)N1CCN(S(=O)(=O)c2cccc(C(F)(F)F)c2)CC1. The van der Waals surface area contributed by atoms with Gasteiger partial charge in [0.25, 0.3) is 0 Å². The van der Waals surface area contributed by atoms with E-state index in [2.05, 4.69) is 0 Å². The number of amides is 1. The van der Waals surface area contributed by atoms with Gasteiger partial charge < -0.3 is 9.47 Å². The maximum Gasteiger partial charge on any atom is 0.416 e. The van der Waals surface area contributed by atoms with Crippen LogP contribution in [-0.2, 0) is 27.5 Å². The molecule has 29 heavy (non-hydrogen) atoms. The molecule has 0 spiro atoms. The molecule has 3 rings (SSSR count). The van der Waals surface area contributed by atoms with Crippen LogP contribution in [0.1, 0.15) is 17.0 Å². The number of benzene rings is 1. The van der Waals surface area contributed by atoms with Crippen LogP contribution in [0.4, 0.5) is 13.2 Å². The van der Waals surface area contributed by atoms with E-state index in [1.54, 1.807) is 4.90 Å². The second-order valence-electron chi connectivity index (χ2n) is 7.01. The standard InChI is InChI=1S/C19H22F3N3O3S/c1-14-6-7-15(2)25(14)13-18(26)23-8-10-24(11-9-23)29(27,28)17-5-3-4-16(12-17)19(20,21)22/h3-7,12H,8-11,13H2,1-2H3. The molecule has 0 aliphatic carbocycles. The molecule has 0 bridgehead atoms. The molecule has 0 radical (unpaired) electrons. The zero-order chi connectivity index (χ0) is 21.4. The van der Waals surface area contributed by atoms with Gasteiger partial charge in [0, 0.05) is 37.6 Å². The first-order valence-corrected chi connectivity index (χ1v) is 10.5. The van der Waals surface area contributed by atoms with Crippen molar-refractivity contribution in [3.8, 4) is 0 Å². The lowest BCUT2D eigenvalue weighted by Crippen LogP contribution is -2.51. The largest absolute Gasteiger partial charge is 0.416 e. The highest BCUT2D eigenvalue weighted by atomic mass is 32.2. The van der Waals surface area contributed by atoms with E-state index in [4.69, 9.17) is 0 Å². The van der Waals surface area contributed by atoms with Gasteiger partial charge in [-0.1, -0.05) is 6.07 Å². The third kappa shape index (κ3) is 4.48. The number of carbonyl (C=O) groups excluding carboxylic acids is 1. The summed E-state index contributed by atoms with van der Waals surface area (Å²) in [5, 5.41) is 0. The number of nitrogens with zero attached hydrogens (tertiary/aromatic N) is 3. The summed E-state index contributed by atoms with van der Waals surface area (Å²) in [6.07, 6.45) is -4.62. The van der Waals surface area contributed by atoms with E-state index in [1.165, 1.54) is 0 Å². The van der Waals surface area contributed by atoms with Crippen molar-refractivity contribution in [1.29, 1.82) is 0 Å². The Kier molecular flexibility index (Phi) is 5.77. The molecule has 10 heteroatoms. The third-order valence-electron chi connectivity index (χ3n) is 5.10. The first kappa shape index (κ1) is 21.4. The molecular weight excluding hydrogens is 407 g/mol. The van der Waals surface area contributed by atoms with Gasteiger partial charge in [-0.25, -0.2) is 8.42 Å². The Morgan fingerprint density at radius 3 is 2.14 bits per heavy atom. The molecule has 1 amide bonds. The molecule has 1 aliphatic heterocycles. The molecule has 0 N–H and O–H groups in total. The summed E-state index contributed by atoms with van der Waals surface area (Å²) < 4.78 is 67.2. The van der Waals surface area contributed by atoms with E-state index in [0.29, 0.717) is 6.07 Å². The second kappa shape index (κ2) is 7.83. The molecule has 0 saturated carbocycles. The molecule has 1 aromatic carbocycles. The molecule has 1 saturated heterocycles. The first-order chi connectivity index (χ1) is 13.5. The quantitative estimate of drug-likeness (QED) is 0.751. The van der Waals surface area contributed by atoms with Crippen LogP contribution in [0.2, 0.25) is 0 Å². The van der Waals surface area contributed by atoms with Crippen molar-refractivity contribution < 1.29 is 26.4 Å². The Morgan fingerprint density at radius 1 is 1.00 bits per heavy atom. The van der Waals surface area contributed by atoms with Gasteiger partial charge in [-0.05, 0) is 44.2 Å². The Hall–Kier alpha value is -2.33. The van der Waals surface area contributed by atoms with Crippen LogP contribution in [0, 0.1) is 13.8 Å². The van der Waals surface area contributed by atoms with E-state index >= 15 is 0 Å². The second-order valence-corrected chi connectivity index (χ2v) is 8.95. The van der Waals surface area contributed by atoms with Crippen LogP contribution < -0.4 is 0 Å².